The van der Waals surface area contributed by atoms with Crippen molar-refractivity contribution in [2.45, 2.75) is 31.4 Å². The van der Waals surface area contributed by atoms with E-state index in [1.54, 1.807) is 19.1 Å². The van der Waals surface area contributed by atoms with E-state index in [1.165, 1.54) is 10.9 Å². The Bertz CT molecular complexity index is 799. The van der Waals surface area contributed by atoms with Crippen molar-refractivity contribution in [3.05, 3.63) is 35.2 Å². The van der Waals surface area contributed by atoms with Gasteiger partial charge in [-0.25, -0.2) is 0 Å². The molecule has 0 radical (unpaired) electrons. The summed E-state index contributed by atoms with van der Waals surface area (Å²) in [5, 5.41) is 4.06. The lowest BCUT2D eigenvalue weighted by Crippen LogP contribution is -2.17. The average Bonchev–Trinajstić information content (AvgIpc) is 2.99. The van der Waals surface area contributed by atoms with E-state index in [9.17, 15) is 18.0 Å². The van der Waals surface area contributed by atoms with Crippen LogP contribution in [0.3, 0.4) is 0 Å². The third kappa shape index (κ3) is 2.94. The predicted octanol–water partition coefficient (Wildman–Crippen LogP) is 4.45. The van der Waals surface area contributed by atoms with Gasteiger partial charge < -0.3 is 4.74 Å². The second-order valence-electron chi connectivity index (χ2n) is 5.42. The number of ketones is 1. The standard InChI is InChI=1S/C16H14BrF3N2O2/c1-2-22-8-12(15(21-22)16(18,19)20)10-5-9(7-17)6-11-13(23)3-4-24-14(10)11/h5-6,8H,2-4,7H2,1H3. The Morgan fingerprint density at radius 2 is 2.00 bits per heavy atom. The molecule has 1 aliphatic heterocycles. The van der Waals surface area contributed by atoms with E-state index in [1.807, 2.05) is 0 Å². The van der Waals surface area contributed by atoms with Crippen molar-refractivity contribution in [2.24, 2.45) is 0 Å². The molecule has 0 saturated carbocycles. The van der Waals surface area contributed by atoms with Gasteiger partial charge in [0.15, 0.2) is 11.5 Å². The lowest BCUT2D eigenvalue weighted by molar-refractivity contribution is -0.141. The first-order valence-corrected chi connectivity index (χ1v) is 8.51. The van der Waals surface area contributed by atoms with E-state index in [0.29, 0.717) is 23.0 Å². The Balaban J connectivity index is 2.28. The summed E-state index contributed by atoms with van der Waals surface area (Å²) < 4.78 is 46.9. The van der Waals surface area contributed by atoms with Crippen molar-refractivity contribution < 1.29 is 22.7 Å². The van der Waals surface area contributed by atoms with E-state index in [2.05, 4.69) is 21.0 Å². The monoisotopic (exact) mass is 402 g/mol. The van der Waals surface area contributed by atoms with Crippen LogP contribution in [0.1, 0.15) is 35.0 Å². The number of rotatable bonds is 3. The number of ether oxygens (including phenoxy) is 1. The third-order valence-corrected chi connectivity index (χ3v) is 4.47. The highest BCUT2D eigenvalue weighted by atomic mass is 79.9. The first-order valence-electron chi connectivity index (χ1n) is 7.39. The molecule has 1 aliphatic rings. The van der Waals surface area contributed by atoms with Crippen LogP contribution in [0.25, 0.3) is 11.1 Å². The van der Waals surface area contributed by atoms with Gasteiger partial charge in [-0.2, -0.15) is 18.3 Å². The third-order valence-electron chi connectivity index (χ3n) is 3.82. The summed E-state index contributed by atoms with van der Waals surface area (Å²) in [5.41, 5.74) is 0.241. The van der Waals surface area contributed by atoms with Crippen LogP contribution < -0.4 is 4.74 Å². The molecule has 128 valence electrons. The van der Waals surface area contributed by atoms with E-state index in [0.717, 1.165) is 0 Å². The quantitative estimate of drug-likeness (QED) is 0.712. The van der Waals surface area contributed by atoms with E-state index < -0.39 is 11.9 Å². The zero-order valence-electron chi connectivity index (χ0n) is 12.8. The lowest BCUT2D eigenvalue weighted by atomic mass is 9.94. The summed E-state index contributed by atoms with van der Waals surface area (Å²) >= 11 is 3.29. The molecular formula is C16H14BrF3N2O2. The minimum atomic E-state index is -4.59. The van der Waals surface area contributed by atoms with Gasteiger partial charge in [-0.05, 0) is 24.6 Å². The number of carbonyl (C=O) groups is 1. The molecule has 0 unspecified atom stereocenters. The molecule has 2 heterocycles. The van der Waals surface area contributed by atoms with Crippen molar-refractivity contribution >= 4 is 21.7 Å². The maximum Gasteiger partial charge on any atom is 0.435 e. The Labute approximate surface area is 144 Å². The van der Waals surface area contributed by atoms with E-state index in [-0.39, 0.29) is 35.7 Å². The van der Waals surface area contributed by atoms with Gasteiger partial charge in [0.25, 0.3) is 0 Å². The smallest absolute Gasteiger partial charge is 0.435 e. The van der Waals surface area contributed by atoms with Crippen LogP contribution in [-0.4, -0.2) is 22.2 Å². The molecule has 1 aromatic heterocycles. The molecule has 0 aliphatic carbocycles. The van der Waals surface area contributed by atoms with Gasteiger partial charge in [-0.3, -0.25) is 9.48 Å². The predicted molar refractivity (Wildman–Crippen MR) is 85.4 cm³/mol. The van der Waals surface area contributed by atoms with Crippen molar-refractivity contribution in [1.82, 2.24) is 9.78 Å². The molecule has 0 atom stereocenters. The number of Topliss-reactive ketones (excluding diaryl/α,β-unsaturated/α-hetero) is 1. The van der Waals surface area contributed by atoms with Crippen LogP contribution in [0, 0.1) is 0 Å². The van der Waals surface area contributed by atoms with Crippen molar-refractivity contribution in [1.29, 1.82) is 0 Å². The van der Waals surface area contributed by atoms with E-state index in [4.69, 9.17) is 4.74 Å². The largest absolute Gasteiger partial charge is 0.492 e. The van der Waals surface area contributed by atoms with Crippen LogP contribution >= 0.6 is 15.9 Å². The number of aryl methyl sites for hydroxylation is 1. The first kappa shape index (κ1) is 17.0. The summed E-state index contributed by atoms with van der Waals surface area (Å²) in [6.07, 6.45) is -3.02. The maximum absolute atomic E-state index is 13.4. The molecule has 0 amide bonds. The second kappa shape index (κ2) is 6.23. The zero-order chi connectivity index (χ0) is 17.5. The van der Waals surface area contributed by atoms with Gasteiger partial charge in [0.1, 0.15) is 5.75 Å². The van der Waals surface area contributed by atoms with Crippen LogP contribution in [0.15, 0.2) is 18.3 Å². The molecule has 8 heteroatoms. The Kier molecular flexibility index (Phi) is 4.42. The molecule has 1 aromatic carbocycles. The van der Waals surface area contributed by atoms with Crippen molar-refractivity contribution in [3.8, 4) is 16.9 Å². The van der Waals surface area contributed by atoms with Crippen LogP contribution in [-0.2, 0) is 18.1 Å². The zero-order valence-corrected chi connectivity index (χ0v) is 14.4. The number of fused-ring (bicyclic) bond motifs is 1. The number of benzene rings is 1. The normalized spacial score (nSPS) is 14.5. The number of alkyl halides is 4. The summed E-state index contributed by atoms with van der Waals surface area (Å²) in [5.74, 6) is 0.0776. The number of hydrogen-bond acceptors (Lipinski definition) is 3. The molecule has 0 saturated heterocycles. The second-order valence-corrected chi connectivity index (χ2v) is 5.98. The molecule has 0 spiro atoms. The highest BCUT2D eigenvalue weighted by molar-refractivity contribution is 9.08. The van der Waals surface area contributed by atoms with Crippen LogP contribution in [0.4, 0.5) is 13.2 Å². The average molecular weight is 403 g/mol. The van der Waals surface area contributed by atoms with Gasteiger partial charge in [0.2, 0.25) is 0 Å². The number of nitrogens with zero attached hydrogens (tertiary/aromatic N) is 2. The number of hydrogen-bond donors (Lipinski definition) is 0. The molecule has 3 rings (SSSR count). The van der Waals surface area contributed by atoms with Crippen LogP contribution in [0.2, 0.25) is 0 Å². The number of aromatic nitrogens is 2. The number of carbonyl (C=O) groups excluding carboxylic acids is 1. The fourth-order valence-corrected chi connectivity index (χ4v) is 3.02. The van der Waals surface area contributed by atoms with Gasteiger partial charge in [-0.1, -0.05) is 15.9 Å². The molecule has 0 bridgehead atoms. The SMILES string of the molecule is CCn1cc(-c2cc(CBr)cc3c2OCCC3=O)c(C(F)(F)F)n1. The van der Waals surface area contributed by atoms with Gasteiger partial charge in [0, 0.05) is 35.6 Å². The fourth-order valence-electron chi connectivity index (χ4n) is 2.70. The molecule has 0 fully saturated rings. The van der Waals surface area contributed by atoms with Gasteiger partial charge in [0.05, 0.1) is 12.2 Å². The van der Waals surface area contributed by atoms with Gasteiger partial charge in [-0.15, -0.1) is 0 Å². The topological polar surface area (TPSA) is 44.1 Å². The summed E-state index contributed by atoms with van der Waals surface area (Å²) in [6.45, 7) is 2.18. The number of halogens is 4. The molecular weight excluding hydrogens is 389 g/mol. The maximum atomic E-state index is 13.4. The van der Waals surface area contributed by atoms with Crippen LogP contribution in [0.5, 0.6) is 5.75 Å². The highest BCUT2D eigenvalue weighted by Crippen LogP contribution is 2.43. The Hall–Kier alpha value is -1.83. The molecule has 24 heavy (non-hydrogen) atoms. The summed E-state index contributed by atoms with van der Waals surface area (Å²) in [7, 11) is 0. The Morgan fingerprint density at radius 1 is 1.29 bits per heavy atom. The molecule has 4 nitrogen and oxygen atoms in total. The highest BCUT2D eigenvalue weighted by Gasteiger charge is 2.39. The minimum absolute atomic E-state index is 0.0712. The Morgan fingerprint density at radius 3 is 2.62 bits per heavy atom. The molecule has 0 N–H and O–H groups in total. The lowest BCUT2D eigenvalue weighted by Gasteiger charge is -2.21. The van der Waals surface area contributed by atoms with Crippen molar-refractivity contribution in [3.63, 3.8) is 0 Å². The van der Waals surface area contributed by atoms with Gasteiger partial charge >= 0.3 is 6.18 Å². The summed E-state index contributed by atoms with van der Waals surface area (Å²) in [4.78, 5) is 12.1. The van der Waals surface area contributed by atoms with E-state index >= 15 is 0 Å². The minimum Gasteiger partial charge on any atom is -0.492 e. The van der Waals surface area contributed by atoms with Crippen molar-refractivity contribution in [2.75, 3.05) is 6.61 Å². The fraction of sp³-hybridized carbons (Fsp3) is 0.375. The first-order chi connectivity index (χ1) is 11.3. The molecule has 2 aromatic rings. The summed E-state index contributed by atoms with van der Waals surface area (Å²) in [6, 6.07) is 3.27.